The zero-order valence-electron chi connectivity index (χ0n) is 12.1. The van der Waals surface area contributed by atoms with E-state index in [4.69, 9.17) is 10.5 Å². The summed E-state index contributed by atoms with van der Waals surface area (Å²) < 4.78 is 19.2. The van der Waals surface area contributed by atoms with Crippen LogP contribution in [0, 0.1) is 5.82 Å². The molecule has 106 valence electrons. The molecule has 3 heteroatoms. The first-order valence-corrected chi connectivity index (χ1v) is 6.76. The second-order valence-electron chi connectivity index (χ2n) is 5.55. The van der Waals surface area contributed by atoms with Gasteiger partial charge in [-0.15, -0.1) is 0 Å². The minimum atomic E-state index is -0.456. The van der Waals surface area contributed by atoms with Crippen LogP contribution in [0.2, 0.25) is 0 Å². The highest BCUT2D eigenvalue weighted by Gasteiger charge is 2.17. The topological polar surface area (TPSA) is 35.2 Å². The van der Waals surface area contributed by atoms with Gasteiger partial charge >= 0.3 is 0 Å². The van der Waals surface area contributed by atoms with Crippen LogP contribution in [0.15, 0.2) is 42.5 Å². The molecule has 0 spiro atoms. The van der Waals surface area contributed by atoms with Gasteiger partial charge in [-0.2, -0.15) is 0 Å². The zero-order chi connectivity index (χ0) is 14.8. The first-order chi connectivity index (χ1) is 9.42. The third kappa shape index (κ3) is 3.10. The monoisotopic (exact) mass is 273 g/mol. The van der Waals surface area contributed by atoms with E-state index in [1.54, 1.807) is 6.07 Å². The SMILES string of the molecule is CCC(C)(C)c1ccc(Oc2ccc(N)cc2F)cc1. The highest BCUT2D eigenvalue weighted by molar-refractivity contribution is 5.44. The second kappa shape index (κ2) is 5.53. The predicted octanol–water partition coefficient (Wildman–Crippen LogP) is 4.89. The van der Waals surface area contributed by atoms with Gasteiger partial charge in [0.15, 0.2) is 11.6 Å². The molecule has 2 rings (SSSR count). The lowest BCUT2D eigenvalue weighted by Gasteiger charge is -2.23. The molecular formula is C17H20FNO. The van der Waals surface area contributed by atoms with Gasteiger partial charge in [0.05, 0.1) is 0 Å². The van der Waals surface area contributed by atoms with E-state index in [-0.39, 0.29) is 11.2 Å². The van der Waals surface area contributed by atoms with Crippen LogP contribution in [0.25, 0.3) is 0 Å². The van der Waals surface area contributed by atoms with Crippen molar-refractivity contribution >= 4 is 5.69 Å². The fourth-order valence-electron chi connectivity index (χ4n) is 1.91. The van der Waals surface area contributed by atoms with E-state index in [1.807, 2.05) is 24.3 Å². The normalized spacial score (nSPS) is 11.4. The van der Waals surface area contributed by atoms with Crippen molar-refractivity contribution in [2.45, 2.75) is 32.6 Å². The van der Waals surface area contributed by atoms with Gasteiger partial charge in [0.1, 0.15) is 5.75 Å². The van der Waals surface area contributed by atoms with Gasteiger partial charge in [-0.25, -0.2) is 4.39 Å². The van der Waals surface area contributed by atoms with Crippen molar-refractivity contribution in [1.82, 2.24) is 0 Å². The Morgan fingerprint density at radius 3 is 2.30 bits per heavy atom. The van der Waals surface area contributed by atoms with E-state index >= 15 is 0 Å². The van der Waals surface area contributed by atoms with Gasteiger partial charge < -0.3 is 10.5 Å². The average Bonchev–Trinajstić information content (AvgIpc) is 2.42. The van der Waals surface area contributed by atoms with Gasteiger partial charge in [-0.1, -0.05) is 32.9 Å². The Bertz CT molecular complexity index is 590. The third-order valence-electron chi connectivity index (χ3n) is 3.70. The molecule has 2 aromatic carbocycles. The van der Waals surface area contributed by atoms with Crippen LogP contribution in [0.3, 0.4) is 0 Å². The molecule has 0 aromatic heterocycles. The number of anilines is 1. The fourth-order valence-corrected chi connectivity index (χ4v) is 1.91. The van der Waals surface area contributed by atoms with Crippen molar-refractivity contribution in [3.8, 4) is 11.5 Å². The maximum Gasteiger partial charge on any atom is 0.167 e. The predicted molar refractivity (Wildman–Crippen MR) is 80.6 cm³/mol. The van der Waals surface area contributed by atoms with Gasteiger partial charge in [-0.3, -0.25) is 0 Å². The standard InChI is InChI=1S/C17H20FNO/c1-4-17(2,3)12-5-8-14(9-6-12)20-16-10-7-13(19)11-15(16)18/h5-11H,4,19H2,1-3H3. The van der Waals surface area contributed by atoms with Crippen LogP contribution in [-0.2, 0) is 5.41 Å². The molecular weight excluding hydrogens is 253 g/mol. The van der Waals surface area contributed by atoms with Gasteiger partial charge in [0.25, 0.3) is 0 Å². The molecule has 2 N–H and O–H groups in total. The molecule has 0 atom stereocenters. The average molecular weight is 273 g/mol. The zero-order valence-corrected chi connectivity index (χ0v) is 12.1. The maximum atomic E-state index is 13.7. The highest BCUT2D eigenvalue weighted by Crippen LogP contribution is 2.30. The molecule has 2 aromatic rings. The van der Waals surface area contributed by atoms with E-state index in [1.165, 1.54) is 17.7 Å². The molecule has 20 heavy (non-hydrogen) atoms. The number of hydrogen-bond donors (Lipinski definition) is 1. The van der Waals surface area contributed by atoms with Crippen LogP contribution < -0.4 is 10.5 Å². The molecule has 0 radical (unpaired) electrons. The Morgan fingerprint density at radius 2 is 1.75 bits per heavy atom. The smallest absolute Gasteiger partial charge is 0.167 e. The number of benzene rings is 2. The summed E-state index contributed by atoms with van der Waals surface area (Å²) in [4.78, 5) is 0. The van der Waals surface area contributed by atoms with Crippen LogP contribution in [0.4, 0.5) is 10.1 Å². The molecule has 0 amide bonds. The quantitative estimate of drug-likeness (QED) is 0.805. The van der Waals surface area contributed by atoms with Gasteiger partial charge in [0, 0.05) is 11.8 Å². The van der Waals surface area contributed by atoms with Crippen molar-refractivity contribution < 1.29 is 9.13 Å². The molecule has 0 aliphatic rings. The summed E-state index contributed by atoms with van der Waals surface area (Å²) in [6.45, 7) is 6.55. The van der Waals surface area contributed by atoms with Crippen molar-refractivity contribution in [3.63, 3.8) is 0 Å². The van der Waals surface area contributed by atoms with Crippen molar-refractivity contribution in [2.24, 2.45) is 0 Å². The lowest BCUT2D eigenvalue weighted by atomic mass is 9.82. The summed E-state index contributed by atoms with van der Waals surface area (Å²) in [5.41, 5.74) is 7.26. The van der Waals surface area contributed by atoms with Crippen LogP contribution in [-0.4, -0.2) is 0 Å². The molecule has 0 fully saturated rings. The Balaban J connectivity index is 2.19. The van der Waals surface area contributed by atoms with Crippen LogP contribution in [0.1, 0.15) is 32.8 Å². The van der Waals surface area contributed by atoms with E-state index in [0.29, 0.717) is 11.4 Å². The summed E-state index contributed by atoms with van der Waals surface area (Å²) in [6.07, 6.45) is 1.06. The first kappa shape index (κ1) is 14.4. The Kier molecular flexibility index (Phi) is 3.98. The summed E-state index contributed by atoms with van der Waals surface area (Å²) in [6, 6.07) is 12.2. The van der Waals surface area contributed by atoms with E-state index < -0.39 is 5.82 Å². The van der Waals surface area contributed by atoms with E-state index in [2.05, 4.69) is 20.8 Å². The molecule has 0 unspecified atom stereocenters. The molecule has 0 saturated carbocycles. The van der Waals surface area contributed by atoms with Crippen molar-refractivity contribution in [3.05, 3.63) is 53.8 Å². The van der Waals surface area contributed by atoms with Gasteiger partial charge in [-0.05, 0) is 41.7 Å². The number of halogens is 1. The summed E-state index contributed by atoms with van der Waals surface area (Å²) >= 11 is 0. The van der Waals surface area contributed by atoms with E-state index in [0.717, 1.165) is 6.42 Å². The number of rotatable bonds is 4. The molecule has 0 aliphatic carbocycles. The molecule has 0 aliphatic heterocycles. The summed E-state index contributed by atoms with van der Waals surface area (Å²) in [5.74, 6) is 0.342. The minimum Gasteiger partial charge on any atom is -0.454 e. The number of hydrogen-bond acceptors (Lipinski definition) is 2. The lowest BCUT2D eigenvalue weighted by molar-refractivity contribution is 0.441. The number of nitrogens with two attached hydrogens (primary N) is 1. The van der Waals surface area contributed by atoms with Gasteiger partial charge in [0.2, 0.25) is 0 Å². The highest BCUT2D eigenvalue weighted by atomic mass is 19.1. The molecule has 0 heterocycles. The molecule has 0 saturated heterocycles. The maximum absolute atomic E-state index is 13.7. The number of nitrogen functional groups attached to an aromatic ring is 1. The summed E-state index contributed by atoms with van der Waals surface area (Å²) in [7, 11) is 0. The molecule has 0 bridgehead atoms. The van der Waals surface area contributed by atoms with Crippen molar-refractivity contribution in [2.75, 3.05) is 5.73 Å². The lowest BCUT2D eigenvalue weighted by Crippen LogP contribution is -2.14. The fraction of sp³-hybridized carbons (Fsp3) is 0.294. The first-order valence-electron chi connectivity index (χ1n) is 6.76. The molecule has 2 nitrogen and oxygen atoms in total. The minimum absolute atomic E-state index is 0.130. The Hall–Kier alpha value is -2.03. The third-order valence-corrected chi connectivity index (χ3v) is 3.70. The van der Waals surface area contributed by atoms with E-state index in [9.17, 15) is 4.39 Å². The Labute approximate surface area is 119 Å². The second-order valence-corrected chi connectivity index (χ2v) is 5.55. The number of ether oxygens (including phenoxy) is 1. The summed E-state index contributed by atoms with van der Waals surface area (Å²) in [5, 5.41) is 0. The van der Waals surface area contributed by atoms with Crippen LogP contribution in [0.5, 0.6) is 11.5 Å². The Morgan fingerprint density at radius 1 is 1.10 bits per heavy atom. The van der Waals surface area contributed by atoms with Crippen LogP contribution >= 0.6 is 0 Å². The van der Waals surface area contributed by atoms with Crippen molar-refractivity contribution in [1.29, 1.82) is 0 Å². The largest absolute Gasteiger partial charge is 0.454 e.